The third-order valence-corrected chi connectivity index (χ3v) is 5.60. The molecule has 4 rings (SSSR count). The molecule has 0 unspecified atom stereocenters. The molecule has 6 nitrogen and oxygen atoms in total. The molecule has 2 heterocycles. The van der Waals surface area contributed by atoms with E-state index in [-0.39, 0.29) is 6.03 Å². The van der Waals surface area contributed by atoms with Gasteiger partial charge in [-0.1, -0.05) is 0 Å². The Morgan fingerprint density at radius 3 is 2.38 bits per heavy atom. The molecule has 1 aromatic rings. The summed E-state index contributed by atoms with van der Waals surface area (Å²) in [7, 11) is 0. The normalized spacial score (nSPS) is 22.2. The van der Waals surface area contributed by atoms with Crippen molar-refractivity contribution in [2.75, 3.05) is 51.3 Å². The molecule has 0 radical (unpaired) electrons. The van der Waals surface area contributed by atoms with E-state index >= 15 is 0 Å². The van der Waals surface area contributed by atoms with Crippen LogP contribution in [-0.2, 0) is 4.74 Å². The van der Waals surface area contributed by atoms with E-state index in [1.54, 1.807) is 0 Å². The molecule has 3 fully saturated rings. The van der Waals surface area contributed by atoms with Crippen LogP contribution in [0.1, 0.15) is 25.7 Å². The molecular weight excluding hydrogens is 330 g/mol. The summed E-state index contributed by atoms with van der Waals surface area (Å²) in [6.45, 7) is 6.04. The standard InChI is InChI=1S/C20H29N3O3/c24-20(23-11-9-22(10-12-23)18-3-4-18)21-17-1-5-19(6-2-17)26-15-16-7-13-25-14-8-16/h1-2,5-6,16,18H,3-4,7-15H2,(H,21,24). The van der Waals surface area contributed by atoms with Crippen LogP contribution in [0, 0.1) is 5.92 Å². The van der Waals surface area contributed by atoms with Gasteiger partial charge in [-0.2, -0.15) is 0 Å². The fraction of sp³-hybridized carbons (Fsp3) is 0.650. The lowest BCUT2D eigenvalue weighted by atomic mass is 10.0. The summed E-state index contributed by atoms with van der Waals surface area (Å²) < 4.78 is 11.3. The minimum absolute atomic E-state index is 0.00341. The van der Waals surface area contributed by atoms with E-state index in [2.05, 4.69) is 10.2 Å². The second kappa shape index (κ2) is 8.27. The average molecular weight is 359 g/mol. The summed E-state index contributed by atoms with van der Waals surface area (Å²) in [5.74, 6) is 1.44. The fourth-order valence-corrected chi connectivity index (χ4v) is 3.69. The van der Waals surface area contributed by atoms with Gasteiger partial charge in [-0.15, -0.1) is 0 Å². The molecule has 1 aliphatic carbocycles. The van der Waals surface area contributed by atoms with Crippen molar-refractivity contribution in [3.63, 3.8) is 0 Å². The van der Waals surface area contributed by atoms with Gasteiger partial charge in [0.25, 0.3) is 0 Å². The van der Waals surface area contributed by atoms with Crippen molar-refractivity contribution >= 4 is 11.7 Å². The smallest absolute Gasteiger partial charge is 0.321 e. The number of piperazine rings is 1. The van der Waals surface area contributed by atoms with Crippen molar-refractivity contribution in [3.8, 4) is 5.75 Å². The van der Waals surface area contributed by atoms with Gasteiger partial charge in [0.1, 0.15) is 5.75 Å². The summed E-state index contributed by atoms with van der Waals surface area (Å²) in [6.07, 6.45) is 4.80. The third kappa shape index (κ3) is 4.68. The predicted octanol–water partition coefficient (Wildman–Crippen LogP) is 2.80. The number of hydrogen-bond acceptors (Lipinski definition) is 4. The number of anilines is 1. The molecule has 142 valence electrons. The van der Waals surface area contributed by atoms with E-state index in [1.165, 1.54) is 12.8 Å². The van der Waals surface area contributed by atoms with Crippen molar-refractivity contribution in [1.82, 2.24) is 9.80 Å². The number of urea groups is 1. The van der Waals surface area contributed by atoms with Crippen LogP contribution >= 0.6 is 0 Å². The summed E-state index contributed by atoms with van der Waals surface area (Å²) >= 11 is 0. The summed E-state index contributed by atoms with van der Waals surface area (Å²) in [5.41, 5.74) is 0.818. The highest BCUT2D eigenvalue weighted by molar-refractivity contribution is 5.89. The Morgan fingerprint density at radius 2 is 1.73 bits per heavy atom. The predicted molar refractivity (Wildman–Crippen MR) is 101 cm³/mol. The van der Waals surface area contributed by atoms with Gasteiger partial charge in [0.2, 0.25) is 0 Å². The van der Waals surface area contributed by atoms with Crippen molar-refractivity contribution < 1.29 is 14.3 Å². The number of carbonyl (C=O) groups excluding carboxylic acids is 1. The first-order chi connectivity index (χ1) is 12.8. The van der Waals surface area contributed by atoms with Crippen LogP contribution in [0.25, 0.3) is 0 Å². The first kappa shape index (κ1) is 17.6. The minimum atomic E-state index is -0.00341. The Morgan fingerprint density at radius 1 is 1.04 bits per heavy atom. The Balaban J connectivity index is 1.21. The lowest BCUT2D eigenvalue weighted by Gasteiger charge is -2.34. The van der Waals surface area contributed by atoms with Crippen LogP contribution < -0.4 is 10.1 Å². The van der Waals surface area contributed by atoms with Crippen LogP contribution in [0.3, 0.4) is 0 Å². The topological polar surface area (TPSA) is 54.0 Å². The SMILES string of the molecule is O=C(Nc1ccc(OCC2CCOCC2)cc1)N1CCN(C2CC2)CC1. The first-order valence-electron chi connectivity index (χ1n) is 9.88. The van der Waals surface area contributed by atoms with Gasteiger partial charge in [0.05, 0.1) is 6.61 Å². The fourth-order valence-electron chi connectivity index (χ4n) is 3.69. The highest BCUT2D eigenvalue weighted by atomic mass is 16.5. The summed E-state index contributed by atoms with van der Waals surface area (Å²) in [4.78, 5) is 16.8. The van der Waals surface area contributed by atoms with E-state index in [0.29, 0.717) is 5.92 Å². The largest absolute Gasteiger partial charge is 0.493 e. The number of amides is 2. The highest BCUT2D eigenvalue weighted by Crippen LogP contribution is 2.27. The van der Waals surface area contributed by atoms with Crippen molar-refractivity contribution in [3.05, 3.63) is 24.3 Å². The number of carbonyl (C=O) groups is 1. The quantitative estimate of drug-likeness (QED) is 0.878. The number of ether oxygens (including phenoxy) is 2. The number of rotatable bonds is 5. The van der Waals surface area contributed by atoms with Gasteiger partial charge < -0.3 is 19.7 Å². The molecule has 2 aliphatic heterocycles. The van der Waals surface area contributed by atoms with Gasteiger partial charge in [-0.05, 0) is 55.9 Å². The second-order valence-corrected chi connectivity index (χ2v) is 7.58. The van der Waals surface area contributed by atoms with Crippen LogP contribution in [0.5, 0.6) is 5.75 Å². The lowest BCUT2D eigenvalue weighted by molar-refractivity contribution is 0.0497. The van der Waals surface area contributed by atoms with Crippen molar-refractivity contribution in [2.45, 2.75) is 31.7 Å². The molecule has 6 heteroatoms. The van der Waals surface area contributed by atoms with Crippen LogP contribution in [0.2, 0.25) is 0 Å². The van der Waals surface area contributed by atoms with Crippen molar-refractivity contribution in [2.24, 2.45) is 5.92 Å². The first-order valence-corrected chi connectivity index (χ1v) is 9.88. The van der Waals surface area contributed by atoms with Gasteiger partial charge in [-0.25, -0.2) is 4.79 Å². The zero-order chi connectivity index (χ0) is 17.8. The molecule has 2 amide bonds. The van der Waals surface area contributed by atoms with E-state index < -0.39 is 0 Å². The zero-order valence-corrected chi connectivity index (χ0v) is 15.4. The molecular formula is C20H29N3O3. The lowest BCUT2D eigenvalue weighted by Crippen LogP contribution is -2.50. The number of nitrogens with zero attached hydrogens (tertiary/aromatic N) is 2. The maximum Gasteiger partial charge on any atom is 0.321 e. The van der Waals surface area contributed by atoms with Crippen molar-refractivity contribution in [1.29, 1.82) is 0 Å². The molecule has 0 atom stereocenters. The van der Waals surface area contributed by atoms with Crippen LogP contribution in [-0.4, -0.2) is 67.9 Å². The molecule has 1 N–H and O–H groups in total. The highest BCUT2D eigenvalue weighted by Gasteiger charge is 2.32. The third-order valence-electron chi connectivity index (χ3n) is 5.60. The molecule has 0 bridgehead atoms. The molecule has 2 saturated heterocycles. The van der Waals surface area contributed by atoms with Gasteiger partial charge >= 0.3 is 6.03 Å². The molecule has 3 aliphatic rings. The van der Waals surface area contributed by atoms with Crippen LogP contribution in [0.15, 0.2) is 24.3 Å². The van der Waals surface area contributed by atoms with Gasteiger partial charge in [-0.3, -0.25) is 4.90 Å². The molecule has 1 saturated carbocycles. The maximum atomic E-state index is 12.4. The van der Waals surface area contributed by atoms with Crippen LogP contribution in [0.4, 0.5) is 10.5 Å². The maximum absolute atomic E-state index is 12.4. The van der Waals surface area contributed by atoms with E-state index in [9.17, 15) is 4.79 Å². The number of benzene rings is 1. The van der Waals surface area contributed by atoms with E-state index in [0.717, 1.165) is 76.3 Å². The molecule has 0 aromatic heterocycles. The number of nitrogens with one attached hydrogen (secondary N) is 1. The monoisotopic (exact) mass is 359 g/mol. The Hall–Kier alpha value is -1.79. The van der Waals surface area contributed by atoms with E-state index in [1.807, 2.05) is 29.2 Å². The Kier molecular flexibility index (Phi) is 5.60. The minimum Gasteiger partial charge on any atom is -0.493 e. The summed E-state index contributed by atoms with van der Waals surface area (Å²) in [5, 5.41) is 3.00. The zero-order valence-electron chi connectivity index (χ0n) is 15.4. The summed E-state index contributed by atoms with van der Waals surface area (Å²) in [6, 6.07) is 8.47. The van der Waals surface area contributed by atoms with E-state index in [4.69, 9.17) is 9.47 Å². The molecule has 1 aromatic carbocycles. The molecule has 26 heavy (non-hydrogen) atoms. The average Bonchev–Trinajstić information content (AvgIpc) is 3.54. The Bertz CT molecular complexity index is 589. The van der Waals surface area contributed by atoms with Gasteiger partial charge in [0.15, 0.2) is 0 Å². The number of hydrogen-bond donors (Lipinski definition) is 1. The Labute approximate surface area is 155 Å². The van der Waals surface area contributed by atoms with Gasteiger partial charge in [0, 0.05) is 51.1 Å². The second-order valence-electron chi connectivity index (χ2n) is 7.58. The molecule has 0 spiro atoms.